The van der Waals surface area contributed by atoms with Gasteiger partial charge in [-0.3, -0.25) is 4.79 Å². The van der Waals surface area contributed by atoms with E-state index in [0.29, 0.717) is 0 Å². The third kappa shape index (κ3) is 1.60. The van der Waals surface area contributed by atoms with Crippen LogP contribution in [0.2, 0.25) is 0 Å². The summed E-state index contributed by atoms with van der Waals surface area (Å²) in [5, 5.41) is 17.4. The lowest BCUT2D eigenvalue weighted by Gasteiger charge is -2.09. The molecule has 72 valence electrons. The average Bonchev–Trinajstić information content (AvgIpc) is 2.16. The van der Waals surface area contributed by atoms with Gasteiger partial charge in [0.1, 0.15) is 0 Å². The Kier molecular flexibility index (Phi) is 2.59. The summed E-state index contributed by atoms with van der Waals surface area (Å²) < 4.78 is 0. The van der Waals surface area contributed by atoms with Crippen LogP contribution in [0, 0.1) is 5.92 Å². The first-order valence-corrected chi connectivity index (χ1v) is 3.64. The number of aliphatic carboxylic acids is 2. The van der Waals surface area contributed by atoms with Gasteiger partial charge in [-0.25, -0.2) is 4.79 Å². The molecule has 0 aromatic carbocycles. The van der Waals surface area contributed by atoms with Crippen molar-refractivity contribution in [2.75, 3.05) is 0 Å². The third-order valence-corrected chi connectivity index (χ3v) is 1.76. The van der Waals surface area contributed by atoms with E-state index in [1.165, 1.54) is 12.2 Å². The van der Waals surface area contributed by atoms with Crippen LogP contribution in [0.5, 0.6) is 0 Å². The fourth-order valence-corrected chi connectivity index (χ4v) is 1.15. The quantitative estimate of drug-likeness (QED) is 0.473. The Morgan fingerprint density at radius 3 is 2.50 bits per heavy atom. The van der Waals surface area contributed by atoms with Crippen molar-refractivity contribution in [1.82, 2.24) is 0 Å². The van der Waals surface area contributed by atoms with Crippen molar-refractivity contribution in [2.24, 2.45) is 5.92 Å². The molecule has 1 rings (SSSR count). The van der Waals surface area contributed by atoms with E-state index in [0.717, 1.165) is 6.08 Å². The molecule has 1 aliphatic carbocycles. The summed E-state index contributed by atoms with van der Waals surface area (Å²) in [6.07, 6.45) is 3.72. The van der Waals surface area contributed by atoms with E-state index in [1.807, 2.05) is 0 Å². The molecule has 2 N–H and O–H groups in total. The molecule has 0 aromatic heterocycles. The SMILES string of the molecule is [N-]=[N+]=C1C=CC=C(C(=O)O)C1C(=O)O. The van der Waals surface area contributed by atoms with Crippen molar-refractivity contribution < 1.29 is 24.6 Å². The van der Waals surface area contributed by atoms with Crippen molar-refractivity contribution in [3.05, 3.63) is 29.3 Å². The summed E-state index contributed by atoms with van der Waals surface area (Å²) >= 11 is 0. The van der Waals surface area contributed by atoms with Gasteiger partial charge in [0.15, 0.2) is 5.92 Å². The Labute approximate surface area is 78.4 Å². The van der Waals surface area contributed by atoms with Crippen molar-refractivity contribution in [3.63, 3.8) is 0 Å². The number of hydrogen-bond acceptors (Lipinski definition) is 2. The van der Waals surface area contributed by atoms with Crippen molar-refractivity contribution in [1.29, 1.82) is 0 Å². The molecular formula is C8H6N2O4. The summed E-state index contributed by atoms with van der Waals surface area (Å²) in [6.45, 7) is 0. The molecular weight excluding hydrogens is 188 g/mol. The van der Waals surface area contributed by atoms with E-state index in [-0.39, 0.29) is 11.3 Å². The summed E-state index contributed by atoms with van der Waals surface area (Å²) in [7, 11) is 0. The second-order valence-corrected chi connectivity index (χ2v) is 2.58. The number of nitrogens with zero attached hydrogens (tertiary/aromatic N) is 2. The number of carboxylic acid groups (broad SMARTS) is 2. The average molecular weight is 194 g/mol. The third-order valence-electron chi connectivity index (χ3n) is 1.76. The first kappa shape index (κ1) is 9.88. The number of hydrogen-bond donors (Lipinski definition) is 2. The number of allylic oxidation sites excluding steroid dienone is 3. The van der Waals surface area contributed by atoms with Crippen LogP contribution in [0.4, 0.5) is 0 Å². The van der Waals surface area contributed by atoms with E-state index in [4.69, 9.17) is 15.7 Å². The van der Waals surface area contributed by atoms with Crippen LogP contribution in [0.3, 0.4) is 0 Å². The van der Waals surface area contributed by atoms with Gasteiger partial charge in [0, 0.05) is 6.08 Å². The highest BCUT2D eigenvalue weighted by atomic mass is 16.4. The number of carbonyl (C=O) groups is 2. The molecule has 6 nitrogen and oxygen atoms in total. The van der Waals surface area contributed by atoms with Crippen LogP contribution in [0.1, 0.15) is 0 Å². The van der Waals surface area contributed by atoms with Gasteiger partial charge < -0.3 is 15.7 Å². The number of rotatable bonds is 2. The van der Waals surface area contributed by atoms with E-state index in [1.54, 1.807) is 0 Å². The summed E-state index contributed by atoms with van der Waals surface area (Å²) in [5.41, 5.74) is 7.94. The molecule has 6 heteroatoms. The maximum Gasteiger partial charge on any atom is 0.333 e. The lowest BCUT2D eigenvalue weighted by molar-refractivity contribution is -0.142. The van der Waals surface area contributed by atoms with Crippen LogP contribution < -0.4 is 0 Å². The molecule has 0 heterocycles. The molecule has 1 unspecified atom stereocenters. The predicted molar refractivity (Wildman–Crippen MR) is 44.6 cm³/mol. The van der Waals surface area contributed by atoms with E-state index < -0.39 is 17.9 Å². The molecule has 0 saturated carbocycles. The fourth-order valence-electron chi connectivity index (χ4n) is 1.15. The summed E-state index contributed by atoms with van der Waals surface area (Å²) in [4.78, 5) is 24.1. The molecule has 0 bridgehead atoms. The maximum absolute atomic E-state index is 10.7. The molecule has 0 aromatic rings. The zero-order valence-electron chi connectivity index (χ0n) is 6.91. The van der Waals surface area contributed by atoms with Crippen molar-refractivity contribution in [2.45, 2.75) is 0 Å². The monoisotopic (exact) mass is 194 g/mol. The molecule has 0 fully saturated rings. The van der Waals surface area contributed by atoms with Crippen LogP contribution in [-0.4, -0.2) is 32.7 Å². The number of carboxylic acids is 2. The minimum atomic E-state index is -1.41. The van der Waals surface area contributed by atoms with Crippen molar-refractivity contribution in [3.8, 4) is 0 Å². The second kappa shape index (κ2) is 3.68. The minimum Gasteiger partial charge on any atom is -0.480 e. The Balaban J connectivity index is 3.23. The van der Waals surface area contributed by atoms with E-state index >= 15 is 0 Å². The Hall–Kier alpha value is -2.20. The molecule has 1 atom stereocenters. The minimum absolute atomic E-state index is 0.197. The van der Waals surface area contributed by atoms with E-state index in [2.05, 4.69) is 4.79 Å². The first-order valence-electron chi connectivity index (χ1n) is 3.64. The highest BCUT2D eigenvalue weighted by molar-refractivity contribution is 6.14. The van der Waals surface area contributed by atoms with Crippen molar-refractivity contribution >= 4 is 17.7 Å². The maximum atomic E-state index is 10.7. The Bertz CT molecular complexity index is 402. The first-order chi connectivity index (χ1) is 6.57. The highest BCUT2D eigenvalue weighted by Gasteiger charge is 2.37. The fraction of sp³-hybridized carbons (Fsp3) is 0.125. The molecule has 14 heavy (non-hydrogen) atoms. The van der Waals surface area contributed by atoms with Gasteiger partial charge >= 0.3 is 17.7 Å². The molecule has 1 aliphatic rings. The predicted octanol–water partition coefficient (Wildman–Crippen LogP) is -0.0612. The van der Waals surface area contributed by atoms with Gasteiger partial charge in [-0.2, -0.15) is 4.79 Å². The zero-order valence-corrected chi connectivity index (χ0v) is 6.91. The Morgan fingerprint density at radius 2 is 2.07 bits per heavy atom. The molecule has 0 spiro atoms. The lowest BCUT2D eigenvalue weighted by atomic mass is 9.90. The summed E-state index contributed by atoms with van der Waals surface area (Å²) in [6, 6.07) is 0. The molecule has 0 aliphatic heterocycles. The smallest absolute Gasteiger partial charge is 0.333 e. The molecule has 0 radical (unpaired) electrons. The van der Waals surface area contributed by atoms with Crippen LogP contribution in [0.25, 0.3) is 5.53 Å². The van der Waals surface area contributed by atoms with Gasteiger partial charge in [-0.15, -0.1) is 0 Å². The second-order valence-electron chi connectivity index (χ2n) is 2.58. The molecule has 0 amide bonds. The van der Waals surface area contributed by atoms with Gasteiger partial charge in [-0.05, 0) is 0 Å². The highest BCUT2D eigenvalue weighted by Crippen LogP contribution is 2.18. The normalized spacial score (nSPS) is 19.9. The molecule has 0 saturated heterocycles. The van der Waals surface area contributed by atoms with Gasteiger partial charge in [0.05, 0.1) is 5.57 Å². The largest absolute Gasteiger partial charge is 0.480 e. The summed E-state index contributed by atoms with van der Waals surface area (Å²) in [5.74, 6) is -4.12. The van der Waals surface area contributed by atoms with Crippen LogP contribution >= 0.6 is 0 Å². The van der Waals surface area contributed by atoms with Crippen LogP contribution in [0.15, 0.2) is 23.8 Å². The lowest BCUT2D eigenvalue weighted by Crippen LogP contribution is -2.30. The van der Waals surface area contributed by atoms with Gasteiger partial charge in [-0.1, -0.05) is 12.2 Å². The van der Waals surface area contributed by atoms with E-state index in [9.17, 15) is 9.59 Å². The van der Waals surface area contributed by atoms with Crippen LogP contribution in [-0.2, 0) is 9.59 Å². The standard InChI is InChI=1S/C8H6N2O4/c9-10-5-3-1-2-4(7(11)12)6(5)8(13)14/h1-3,6H,(H,11,12)(H,13,14). The Morgan fingerprint density at radius 1 is 1.43 bits per heavy atom. The van der Waals surface area contributed by atoms with Gasteiger partial charge in [0.2, 0.25) is 0 Å². The topological polar surface area (TPSA) is 111 Å². The van der Waals surface area contributed by atoms with Gasteiger partial charge in [0.25, 0.3) is 0 Å². The zero-order chi connectivity index (χ0) is 10.7.